The van der Waals surface area contributed by atoms with Crippen LogP contribution in [0.3, 0.4) is 0 Å². The van der Waals surface area contributed by atoms with Crippen molar-refractivity contribution in [2.24, 2.45) is 7.05 Å². The number of aryl methyl sites for hydroxylation is 1. The van der Waals surface area contributed by atoms with E-state index in [1.54, 1.807) is 10.9 Å². The Morgan fingerprint density at radius 2 is 2.03 bits per heavy atom. The first-order valence-corrected chi connectivity index (χ1v) is 11.0. The standard InChI is InChI=1S/C24H26N6O3/c1-16(31)26-19-5-3-4-18(10-19)23-21-15-30(14-17-12-25-28(2)13-17)24(32)20(21)11-22(27-23)29-6-8-33-9-7-29/h3-5,10-13H,6-9,14-15H2,1-2H3,(H,26,31). The van der Waals surface area contributed by atoms with Gasteiger partial charge in [0.1, 0.15) is 5.82 Å². The van der Waals surface area contributed by atoms with Crippen LogP contribution < -0.4 is 10.2 Å². The van der Waals surface area contributed by atoms with Crippen molar-refractivity contribution in [3.8, 4) is 11.3 Å². The molecule has 0 spiro atoms. The lowest BCUT2D eigenvalue weighted by Crippen LogP contribution is -2.37. The zero-order valence-electron chi connectivity index (χ0n) is 18.7. The Morgan fingerprint density at radius 1 is 1.21 bits per heavy atom. The highest BCUT2D eigenvalue weighted by atomic mass is 16.5. The van der Waals surface area contributed by atoms with Gasteiger partial charge in [0.05, 0.1) is 30.7 Å². The topological polar surface area (TPSA) is 92.6 Å². The number of rotatable bonds is 5. The molecule has 0 bridgehead atoms. The fraction of sp³-hybridized carbons (Fsp3) is 0.333. The predicted molar refractivity (Wildman–Crippen MR) is 124 cm³/mol. The lowest BCUT2D eigenvalue weighted by atomic mass is 10.0. The molecule has 1 fully saturated rings. The largest absolute Gasteiger partial charge is 0.378 e. The number of nitrogens with one attached hydrogen (secondary N) is 1. The SMILES string of the molecule is CC(=O)Nc1cccc(-c2nc(N3CCOCC3)cc3c2CN(Cc2cnn(C)c2)C3=O)c1. The fourth-order valence-corrected chi connectivity index (χ4v) is 4.38. The number of carbonyl (C=O) groups excluding carboxylic acids is 2. The number of hydrogen-bond acceptors (Lipinski definition) is 6. The zero-order valence-corrected chi connectivity index (χ0v) is 18.7. The van der Waals surface area contributed by atoms with Gasteiger partial charge >= 0.3 is 0 Å². The van der Waals surface area contributed by atoms with E-state index in [0.29, 0.717) is 37.6 Å². The lowest BCUT2D eigenvalue weighted by Gasteiger charge is -2.28. The maximum atomic E-state index is 13.4. The molecule has 9 nitrogen and oxygen atoms in total. The molecule has 0 saturated carbocycles. The molecule has 2 aliphatic rings. The summed E-state index contributed by atoms with van der Waals surface area (Å²) in [5, 5.41) is 7.05. The molecular formula is C24H26N6O3. The van der Waals surface area contributed by atoms with Crippen LogP contribution >= 0.6 is 0 Å². The monoisotopic (exact) mass is 446 g/mol. The number of pyridine rings is 1. The number of aromatic nitrogens is 3. The van der Waals surface area contributed by atoms with E-state index in [1.165, 1.54) is 6.92 Å². The van der Waals surface area contributed by atoms with Crippen molar-refractivity contribution in [1.29, 1.82) is 0 Å². The van der Waals surface area contributed by atoms with E-state index in [2.05, 4.69) is 15.3 Å². The van der Waals surface area contributed by atoms with Gasteiger partial charge in [0.2, 0.25) is 5.91 Å². The van der Waals surface area contributed by atoms with E-state index in [9.17, 15) is 9.59 Å². The average molecular weight is 447 g/mol. The second-order valence-corrected chi connectivity index (χ2v) is 8.40. The van der Waals surface area contributed by atoms with Crippen molar-refractivity contribution in [1.82, 2.24) is 19.7 Å². The van der Waals surface area contributed by atoms with Crippen LogP contribution in [0, 0.1) is 0 Å². The van der Waals surface area contributed by atoms with Crippen LogP contribution in [-0.4, -0.2) is 57.8 Å². The number of ether oxygens (including phenoxy) is 1. The first-order chi connectivity index (χ1) is 16.0. The molecule has 0 atom stereocenters. The highest BCUT2D eigenvalue weighted by Gasteiger charge is 2.32. The molecule has 0 unspecified atom stereocenters. The van der Waals surface area contributed by atoms with E-state index in [4.69, 9.17) is 9.72 Å². The van der Waals surface area contributed by atoms with Crippen LogP contribution in [-0.2, 0) is 29.7 Å². The number of anilines is 2. The van der Waals surface area contributed by atoms with Gasteiger partial charge in [0, 0.05) is 68.7 Å². The number of hydrogen-bond donors (Lipinski definition) is 1. The summed E-state index contributed by atoms with van der Waals surface area (Å²) >= 11 is 0. The summed E-state index contributed by atoms with van der Waals surface area (Å²) in [6.07, 6.45) is 3.71. The lowest BCUT2D eigenvalue weighted by molar-refractivity contribution is -0.114. The van der Waals surface area contributed by atoms with Crippen LogP contribution in [0.5, 0.6) is 0 Å². The summed E-state index contributed by atoms with van der Waals surface area (Å²) in [4.78, 5) is 34.0. The van der Waals surface area contributed by atoms with E-state index in [1.807, 2.05) is 48.5 Å². The highest BCUT2D eigenvalue weighted by Crippen LogP contribution is 2.36. The van der Waals surface area contributed by atoms with Crippen LogP contribution in [0.4, 0.5) is 11.5 Å². The van der Waals surface area contributed by atoms with Crippen LogP contribution in [0.15, 0.2) is 42.7 Å². The highest BCUT2D eigenvalue weighted by molar-refractivity contribution is 6.01. The molecule has 170 valence electrons. The van der Waals surface area contributed by atoms with E-state index < -0.39 is 0 Å². The summed E-state index contributed by atoms with van der Waals surface area (Å²) in [6, 6.07) is 9.51. The predicted octanol–water partition coefficient (Wildman–Crippen LogP) is 2.43. The Bertz CT molecular complexity index is 1210. The van der Waals surface area contributed by atoms with E-state index in [-0.39, 0.29) is 11.8 Å². The smallest absolute Gasteiger partial charge is 0.255 e. The average Bonchev–Trinajstić information content (AvgIpc) is 3.36. The minimum Gasteiger partial charge on any atom is -0.378 e. The summed E-state index contributed by atoms with van der Waals surface area (Å²) in [5.41, 5.74) is 4.89. The molecule has 0 radical (unpaired) electrons. The zero-order chi connectivity index (χ0) is 22.9. The third-order valence-corrected chi connectivity index (χ3v) is 5.90. The molecule has 3 aromatic rings. The summed E-state index contributed by atoms with van der Waals surface area (Å²) in [7, 11) is 1.86. The first kappa shape index (κ1) is 21.1. The van der Waals surface area contributed by atoms with Gasteiger partial charge in [0.25, 0.3) is 5.91 Å². The van der Waals surface area contributed by atoms with Crippen molar-refractivity contribution in [3.63, 3.8) is 0 Å². The Balaban J connectivity index is 1.56. The van der Waals surface area contributed by atoms with Gasteiger partial charge < -0.3 is 19.9 Å². The van der Waals surface area contributed by atoms with Gasteiger partial charge in [-0.25, -0.2) is 4.98 Å². The number of carbonyl (C=O) groups is 2. The number of amides is 2. The number of nitrogens with zero attached hydrogens (tertiary/aromatic N) is 5. The van der Waals surface area contributed by atoms with Gasteiger partial charge in [0.15, 0.2) is 0 Å². The van der Waals surface area contributed by atoms with Gasteiger partial charge in [-0.2, -0.15) is 5.10 Å². The van der Waals surface area contributed by atoms with Crippen molar-refractivity contribution in [3.05, 3.63) is 59.4 Å². The van der Waals surface area contributed by atoms with Crippen molar-refractivity contribution >= 4 is 23.3 Å². The van der Waals surface area contributed by atoms with Crippen LogP contribution in [0.1, 0.15) is 28.4 Å². The van der Waals surface area contributed by atoms with Gasteiger partial charge in [-0.1, -0.05) is 12.1 Å². The van der Waals surface area contributed by atoms with Gasteiger partial charge in [-0.05, 0) is 18.2 Å². The second kappa shape index (κ2) is 8.67. The molecule has 2 amide bonds. The maximum Gasteiger partial charge on any atom is 0.255 e. The Labute approximate surface area is 192 Å². The number of morpholine rings is 1. The first-order valence-electron chi connectivity index (χ1n) is 11.0. The molecule has 2 aliphatic heterocycles. The molecule has 33 heavy (non-hydrogen) atoms. The molecule has 1 N–H and O–H groups in total. The fourth-order valence-electron chi connectivity index (χ4n) is 4.38. The van der Waals surface area contributed by atoms with E-state index in [0.717, 1.165) is 41.3 Å². The Kier molecular flexibility index (Phi) is 5.55. The molecule has 1 aromatic carbocycles. The molecule has 2 aromatic heterocycles. The van der Waals surface area contributed by atoms with Gasteiger partial charge in [-0.15, -0.1) is 0 Å². The van der Waals surface area contributed by atoms with Crippen molar-refractivity contribution in [2.45, 2.75) is 20.0 Å². The molecular weight excluding hydrogens is 420 g/mol. The van der Waals surface area contributed by atoms with Crippen molar-refractivity contribution < 1.29 is 14.3 Å². The minimum atomic E-state index is -0.134. The summed E-state index contributed by atoms with van der Waals surface area (Å²) < 4.78 is 7.23. The molecule has 0 aliphatic carbocycles. The second-order valence-electron chi connectivity index (χ2n) is 8.40. The number of benzene rings is 1. The molecule has 9 heteroatoms. The Morgan fingerprint density at radius 3 is 2.76 bits per heavy atom. The van der Waals surface area contributed by atoms with Crippen molar-refractivity contribution in [2.75, 3.05) is 36.5 Å². The third kappa shape index (κ3) is 4.31. The van der Waals surface area contributed by atoms with Crippen LogP contribution in [0.25, 0.3) is 11.3 Å². The molecule has 4 heterocycles. The summed E-state index contributed by atoms with van der Waals surface area (Å²) in [5.74, 6) is 0.629. The summed E-state index contributed by atoms with van der Waals surface area (Å²) in [6.45, 7) is 5.16. The number of fused-ring (bicyclic) bond motifs is 1. The Hall–Kier alpha value is -3.72. The third-order valence-electron chi connectivity index (χ3n) is 5.90. The minimum absolute atomic E-state index is 0.00923. The normalized spacial score (nSPS) is 15.6. The molecule has 1 saturated heterocycles. The quantitative estimate of drug-likeness (QED) is 0.647. The molecule has 5 rings (SSSR count). The van der Waals surface area contributed by atoms with E-state index >= 15 is 0 Å². The maximum absolute atomic E-state index is 13.4. The van der Waals surface area contributed by atoms with Gasteiger partial charge in [-0.3, -0.25) is 14.3 Å². The van der Waals surface area contributed by atoms with Crippen LogP contribution in [0.2, 0.25) is 0 Å².